The average Bonchev–Trinajstić information content (AvgIpc) is 3.09. The average molecular weight is 293 g/mol. The quantitative estimate of drug-likeness (QED) is 0.787. The second-order valence-electron chi connectivity index (χ2n) is 6.10. The molecule has 3 heterocycles. The number of carbonyl (C=O) groups excluding carboxylic acids is 1. The Kier molecular flexibility index (Phi) is 2.79. The van der Waals surface area contributed by atoms with Crippen molar-refractivity contribution >= 4 is 17.5 Å². The zero-order valence-corrected chi connectivity index (χ0v) is 12.0. The Morgan fingerprint density at radius 3 is 3.00 bits per heavy atom. The summed E-state index contributed by atoms with van der Waals surface area (Å²) in [5.41, 5.74) is 0.580. The molecule has 2 atom stereocenters. The Morgan fingerprint density at radius 1 is 1.50 bits per heavy atom. The minimum Gasteiger partial charge on any atom is -0.371 e. The van der Waals surface area contributed by atoms with Gasteiger partial charge in [-0.3, -0.25) is 4.79 Å². The second-order valence-corrected chi connectivity index (χ2v) is 6.49. The van der Waals surface area contributed by atoms with Gasteiger partial charge in [-0.25, -0.2) is 4.98 Å². The van der Waals surface area contributed by atoms with Gasteiger partial charge in [-0.05, 0) is 43.7 Å². The van der Waals surface area contributed by atoms with Crippen LogP contribution in [0.15, 0.2) is 18.3 Å². The Hall–Kier alpha value is -1.13. The van der Waals surface area contributed by atoms with E-state index < -0.39 is 0 Å². The Morgan fingerprint density at radius 2 is 2.35 bits per heavy atom. The summed E-state index contributed by atoms with van der Waals surface area (Å²) in [5.74, 6) is 0.690. The number of rotatable bonds is 2. The summed E-state index contributed by atoms with van der Waals surface area (Å²) in [4.78, 5) is 18.6. The summed E-state index contributed by atoms with van der Waals surface area (Å²) in [6.45, 7) is 1.57. The first kappa shape index (κ1) is 12.6. The fraction of sp³-hybridized carbons (Fsp3) is 0.600. The molecule has 1 aliphatic carbocycles. The summed E-state index contributed by atoms with van der Waals surface area (Å²) in [7, 11) is 0. The van der Waals surface area contributed by atoms with Crippen molar-refractivity contribution in [3.05, 3.63) is 29.0 Å². The van der Waals surface area contributed by atoms with Gasteiger partial charge in [-0.15, -0.1) is 0 Å². The molecule has 20 heavy (non-hydrogen) atoms. The first-order valence-corrected chi connectivity index (χ1v) is 7.64. The maximum atomic E-state index is 12.6. The van der Waals surface area contributed by atoms with Gasteiger partial charge in [0.15, 0.2) is 0 Å². The van der Waals surface area contributed by atoms with E-state index in [-0.39, 0.29) is 17.6 Å². The van der Waals surface area contributed by atoms with E-state index in [2.05, 4.69) is 4.98 Å². The highest BCUT2D eigenvalue weighted by Crippen LogP contribution is 2.51. The van der Waals surface area contributed by atoms with Gasteiger partial charge in [-0.1, -0.05) is 11.6 Å². The minimum atomic E-state index is -0.0480. The normalized spacial score (nSPS) is 32.5. The van der Waals surface area contributed by atoms with Crippen LogP contribution >= 0.6 is 11.6 Å². The van der Waals surface area contributed by atoms with Crippen molar-refractivity contribution in [1.82, 2.24) is 9.88 Å². The van der Waals surface area contributed by atoms with Crippen LogP contribution in [0.5, 0.6) is 0 Å². The van der Waals surface area contributed by atoms with Crippen LogP contribution in [0.2, 0.25) is 5.15 Å². The predicted molar refractivity (Wildman–Crippen MR) is 74.7 cm³/mol. The maximum absolute atomic E-state index is 12.6. The number of pyridine rings is 1. The molecule has 1 saturated carbocycles. The zero-order valence-electron chi connectivity index (χ0n) is 11.2. The highest BCUT2D eigenvalue weighted by atomic mass is 35.5. The van der Waals surface area contributed by atoms with Crippen molar-refractivity contribution in [2.75, 3.05) is 13.2 Å². The SMILES string of the molecule is O=C(c1ccnc(Cl)c1)N1C[C@@]2(CCCO2)[C@@H]1C1CC1. The molecule has 106 valence electrons. The molecule has 1 amide bonds. The van der Waals surface area contributed by atoms with Gasteiger partial charge in [0.1, 0.15) is 10.8 Å². The molecular weight excluding hydrogens is 276 g/mol. The Labute approximate surface area is 123 Å². The summed E-state index contributed by atoms with van der Waals surface area (Å²) in [5, 5.41) is 0.367. The lowest BCUT2D eigenvalue weighted by Gasteiger charge is -2.55. The molecule has 2 saturated heterocycles. The smallest absolute Gasteiger partial charge is 0.254 e. The molecule has 0 N–H and O–H groups in total. The van der Waals surface area contributed by atoms with Gasteiger partial charge in [0.05, 0.1) is 12.6 Å². The lowest BCUT2D eigenvalue weighted by molar-refractivity contribution is -0.149. The van der Waals surface area contributed by atoms with Gasteiger partial charge in [0.2, 0.25) is 0 Å². The molecule has 1 aromatic heterocycles. The van der Waals surface area contributed by atoms with Crippen LogP contribution in [0.4, 0.5) is 0 Å². The number of likely N-dealkylation sites (tertiary alicyclic amines) is 1. The minimum absolute atomic E-state index is 0.0480. The van der Waals surface area contributed by atoms with Crippen LogP contribution < -0.4 is 0 Å². The molecule has 0 bridgehead atoms. The number of hydrogen-bond donors (Lipinski definition) is 0. The van der Waals surface area contributed by atoms with E-state index >= 15 is 0 Å². The summed E-state index contributed by atoms with van der Waals surface area (Å²) >= 11 is 5.88. The molecule has 0 unspecified atom stereocenters. The molecule has 3 aliphatic rings. The van der Waals surface area contributed by atoms with Gasteiger partial charge >= 0.3 is 0 Å². The van der Waals surface area contributed by atoms with Crippen LogP contribution in [-0.2, 0) is 4.74 Å². The number of hydrogen-bond acceptors (Lipinski definition) is 3. The predicted octanol–water partition coefficient (Wildman–Crippen LogP) is 2.52. The molecule has 1 spiro atoms. The summed E-state index contributed by atoms with van der Waals surface area (Å²) in [6, 6.07) is 3.65. The molecule has 4 nitrogen and oxygen atoms in total. The van der Waals surface area contributed by atoms with Crippen LogP contribution in [0, 0.1) is 5.92 Å². The highest BCUT2D eigenvalue weighted by molar-refractivity contribution is 6.29. The van der Waals surface area contributed by atoms with Gasteiger partial charge in [0.25, 0.3) is 5.91 Å². The highest BCUT2D eigenvalue weighted by Gasteiger charge is 2.61. The van der Waals surface area contributed by atoms with Crippen LogP contribution in [0.3, 0.4) is 0 Å². The Bertz CT molecular complexity index is 553. The van der Waals surface area contributed by atoms with E-state index in [4.69, 9.17) is 16.3 Å². The first-order chi connectivity index (χ1) is 9.70. The molecule has 5 heteroatoms. The first-order valence-electron chi connectivity index (χ1n) is 7.26. The zero-order chi connectivity index (χ0) is 13.7. The van der Waals surface area contributed by atoms with Crippen molar-refractivity contribution in [1.29, 1.82) is 0 Å². The fourth-order valence-corrected chi connectivity index (χ4v) is 3.90. The van der Waals surface area contributed by atoms with Crippen molar-refractivity contribution in [3.8, 4) is 0 Å². The topological polar surface area (TPSA) is 42.4 Å². The van der Waals surface area contributed by atoms with Crippen molar-refractivity contribution in [3.63, 3.8) is 0 Å². The van der Waals surface area contributed by atoms with Crippen LogP contribution in [0.25, 0.3) is 0 Å². The largest absolute Gasteiger partial charge is 0.371 e. The number of halogens is 1. The van der Waals surface area contributed by atoms with Crippen LogP contribution in [-0.4, -0.2) is 40.6 Å². The van der Waals surface area contributed by atoms with Gasteiger partial charge < -0.3 is 9.64 Å². The molecule has 2 aliphatic heterocycles. The van der Waals surface area contributed by atoms with Crippen molar-refractivity contribution < 1.29 is 9.53 Å². The maximum Gasteiger partial charge on any atom is 0.254 e. The summed E-state index contributed by atoms with van der Waals surface area (Å²) in [6.07, 6.45) is 6.23. The number of amides is 1. The van der Waals surface area contributed by atoms with E-state index in [1.165, 1.54) is 12.8 Å². The lowest BCUT2D eigenvalue weighted by Crippen LogP contribution is -2.71. The third-order valence-corrected chi connectivity index (χ3v) is 4.96. The van der Waals surface area contributed by atoms with E-state index in [0.717, 1.165) is 26.0 Å². The summed E-state index contributed by atoms with van der Waals surface area (Å²) < 4.78 is 6.00. The number of ether oxygens (including phenoxy) is 1. The Balaban J connectivity index is 1.58. The molecule has 0 radical (unpaired) electrons. The van der Waals surface area contributed by atoms with Gasteiger partial charge in [0, 0.05) is 18.4 Å². The third kappa shape index (κ3) is 1.85. The molecule has 1 aromatic rings. The van der Waals surface area contributed by atoms with Gasteiger partial charge in [-0.2, -0.15) is 0 Å². The monoisotopic (exact) mass is 292 g/mol. The van der Waals surface area contributed by atoms with E-state index in [1.54, 1.807) is 18.3 Å². The molecular formula is C15H17ClN2O2. The number of aromatic nitrogens is 1. The standard InChI is InChI=1S/C15H17ClN2O2/c16-12-8-11(4-6-17-12)14(19)18-9-15(5-1-7-20-15)13(18)10-2-3-10/h4,6,8,10,13H,1-3,5,7,9H2/t13-,15-/m0/s1. The second kappa shape index (κ2) is 4.43. The van der Waals surface area contributed by atoms with Crippen molar-refractivity contribution in [2.24, 2.45) is 5.92 Å². The van der Waals surface area contributed by atoms with E-state index in [0.29, 0.717) is 16.6 Å². The molecule has 3 fully saturated rings. The lowest BCUT2D eigenvalue weighted by atomic mass is 9.77. The third-order valence-electron chi connectivity index (χ3n) is 4.75. The van der Waals surface area contributed by atoms with Crippen molar-refractivity contribution in [2.45, 2.75) is 37.3 Å². The number of carbonyl (C=O) groups is 1. The molecule has 0 aromatic carbocycles. The number of nitrogens with zero attached hydrogens (tertiary/aromatic N) is 2. The fourth-order valence-electron chi connectivity index (χ4n) is 3.72. The molecule has 4 rings (SSSR count). The van der Waals surface area contributed by atoms with Crippen LogP contribution in [0.1, 0.15) is 36.0 Å². The van der Waals surface area contributed by atoms with E-state index in [9.17, 15) is 4.79 Å². The van der Waals surface area contributed by atoms with E-state index in [1.807, 2.05) is 4.90 Å².